The number of para-hydroxylation sites is 2. The number of hydrogen-bond donors (Lipinski definition) is 0. The van der Waals surface area contributed by atoms with Crippen LogP contribution in [0.25, 0.3) is 22.4 Å². The molecule has 0 amide bonds. The number of imidazole rings is 1. The first-order valence-corrected chi connectivity index (χ1v) is 7.59. The van der Waals surface area contributed by atoms with Crippen molar-refractivity contribution in [2.24, 2.45) is 7.05 Å². The van der Waals surface area contributed by atoms with Crippen LogP contribution in [-0.2, 0) is 7.05 Å². The van der Waals surface area contributed by atoms with Crippen LogP contribution in [0.5, 0.6) is 0 Å². The minimum absolute atomic E-state index is 0. The smallest absolute Gasteiger partial charge is 0.344 e. The fourth-order valence-electron chi connectivity index (χ4n) is 3.03. The predicted octanol–water partition coefficient (Wildman–Crippen LogP) is 1.14. The zero-order chi connectivity index (χ0) is 14.8. The molecule has 0 spiro atoms. The van der Waals surface area contributed by atoms with E-state index in [4.69, 9.17) is 0 Å². The van der Waals surface area contributed by atoms with Crippen LogP contribution in [0.2, 0.25) is 0 Å². The largest absolute Gasteiger partial charge is 1.00 e. The Bertz CT molecular complexity index is 743. The molecule has 0 saturated heterocycles. The number of benzene rings is 2. The van der Waals surface area contributed by atoms with E-state index in [1.807, 2.05) is 12.1 Å². The van der Waals surface area contributed by atoms with Crippen molar-refractivity contribution < 1.29 is 23.4 Å². The first-order valence-electron chi connectivity index (χ1n) is 7.59. The van der Waals surface area contributed by atoms with Crippen molar-refractivity contribution >= 4 is 11.0 Å². The van der Waals surface area contributed by atoms with Crippen LogP contribution in [-0.4, -0.2) is 4.57 Å². The summed E-state index contributed by atoms with van der Waals surface area (Å²) >= 11 is 0. The molecule has 0 N–H and O–H groups in total. The SMILES string of the molecule is CC[C-](CC)[n+]1c(-c2[c-]cccc2)n(C)c2ccccc21.[Li+]. The molecule has 1 heterocycles. The number of rotatable bonds is 4. The second-order valence-electron chi connectivity index (χ2n) is 5.26. The summed E-state index contributed by atoms with van der Waals surface area (Å²) in [6, 6.07) is 21.6. The molecule has 3 rings (SSSR count). The van der Waals surface area contributed by atoms with Gasteiger partial charge in [0, 0.05) is 0 Å². The molecule has 0 atom stereocenters. The van der Waals surface area contributed by atoms with E-state index >= 15 is 0 Å². The van der Waals surface area contributed by atoms with Gasteiger partial charge >= 0.3 is 18.9 Å². The average Bonchev–Trinajstić information content (AvgIpc) is 2.83. The van der Waals surface area contributed by atoms with E-state index in [0.717, 1.165) is 18.4 Å². The molecule has 0 saturated carbocycles. The second kappa shape index (κ2) is 7.09. The maximum atomic E-state index is 3.37. The molecule has 3 heteroatoms. The van der Waals surface area contributed by atoms with Gasteiger partial charge < -0.3 is 4.57 Å². The van der Waals surface area contributed by atoms with Crippen LogP contribution in [0.4, 0.5) is 0 Å². The number of hydrogen-bond acceptors (Lipinski definition) is 0. The van der Waals surface area contributed by atoms with Crippen LogP contribution >= 0.6 is 0 Å². The van der Waals surface area contributed by atoms with Gasteiger partial charge in [0.2, 0.25) is 0 Å². The summed E-state index contributed by atoms with van der Waals surface area (Å²) in [5, 5.41) is 0. The van der Waals surface area contributed by atoms with Crippen molar-refractivity contribution in [2.45, 2.75) is 26.7 Å². The third-order valence-electron chi connectivity index (χ3n) is 4.10. The van der Waals surface area contributed by atoms with E-state index in [9.17, 15) is 0 Å². The summed E-state index contributed by atoms with van der Waals surface area (Å²) in [6.45, 7) is 4.46. The van der Waals surface area contributed by atoms with E-state index in [-0.39, 0.29) is 18.9 Å². The molecule has 0 fully saturated rings. The molecule has 3 aromatic rings. The Kier molecular flexibility index (Phi) is 5.40. The zero-order valence-electron chi connectivity index (χ0n) is 13.9. The second-order valence-corrected chi connectivity index (χ2v) is 5.26. The molecule has 0 bridgehead atoms. The van der Waals surface area contributed by atoms with Gasteiger partial charge in [-0.2, -0.15) is 0 Å². The first kappa shape index (κ1) is 16.7. The standard InChI is InChI=1S/C19H21N2.Li/c1-4-16(5-2)21-18-14-10-9-13-17(18)20(3)19(21)15-11-7-6-8-12-15;/h6-11,13-14H,4-5H2,1-3H3;/q-1;+1. The Hall–Kier alpha value is -1.62. The molecule has 2 nitrogen and oxygen atoms in total. The number of aryl methyl sites for hydroxylation is 1. The Morgan fingerprint density at radius 2 is 1.73 bits per heavy atom. The molecule has 0 aliphatic rings. The summed E-state index contributed by atoms with van der Waals surface area (Å²) in [5.74, 6) is 1.20. The van der Waals surface area contributed by atoms with Crippen LogP contribution in [0.15, 0.2) is 48.5 Å². The van der Waals surface area contributed by atoms with E-state index in [1.54, 1.807) is 0 Å². The topological polar surface area (TPSA) is 8.81 Å². The van der Waals surface area contributed by atoms with Gasteiger partial charge in [-0.25, -0.2) is 0 Å². The maximum Gasteiger partial charge on any atom is 1.00 e. The fraction of sp³-hybridized carbons (Fsp3) is 0.263. The Labute approximate surface area is 145 Å². The Morgan fingerprint density at radius 3 is 2.36 bits per heavy atom. The molecule has 1 aromatic heterocycles. The number of nitrogens with zero attached hydrogens (tertiary/aromatic N) is 2. The van der Waals surface area contributed by atoms with E-state index in [1.165, 1.54) is 22.9 Å². The van der Waals surface area contributed by atoms with Crippen molar-refractivity contribution in [3.8, 4) is 11.4 Å². The van der Waals surface area contributed by atoms with Gasteiger partial charge in [-0.1, -0.05) is 37.6 Å². The van der Waals surface area contributed by atoms with E-state index < -0.39 is 0 Å². The molecule has 108 valence electrons. The minimum atomic E-state index is 0. The average molecular weight is 284 g/mol. The maximum absolute atomic E-state index is 3.37. The third-order valence-corrected chi connectivity index (χ3v) is 4.10. The van der Waals surface area contributed by atoms with Crippen LogP contribution < -0.4 is 23.4 Å². The first-order chi connectivity index (χ1) is 10.3. The molecule has 0 aliphatic carbocycles. The third kappa shape index (κ3) is 2.70. The molecule has 2 aromatic carbocycles. The van der Waals surface area contributed by atoms with Gasteiger partial charge in [0.1, 0.15) is 5.52 Å². The molecule has 0 radical (unpaired) electrons. The van der Waals surface area contributed by atoms with Gasteiger partial charge in [0.05, 0.1) is 12.6 Å². The monoisotopic (exact) mass is 284 g/mol. The van der Waals surface area contributed by atoms with Crippen molar-refractivity contribution in [3.63, 3.8) is 0 Å². The quantitative estimate of drug-likeness (QED) is 0.386. The van der Waals surface area contributed by atoms with Crippen molar-refractivity contribution in [1.29, 1.82) is 0 Å². The van der Waals surface area contributed by atoms with Crippen molar-refractivity contribution in [2.75, 3.05) is 0 Å². The van der Waals surface area contributed by atoms with Crippen LogP contribution in [0, 0.1) is 12.1 Å². The van der Waals surface area contributed by atoms with Crippen molar-refractivity contribution in [1.82, 2.24) is 4.57 Å². The molecule has 22 heavy (non-hydrogen) atoms. The van der Waals surface area contributed by atoms with Gasteiger partial charge in [-0.3, -0.25) is 4.57 Å². The summed E-state index contributed by atoms with van der Waals surface area (Å²) in [7, 11) is 2.14. The normalized spacial score (nSPS) is 10.5. The zero-order valence-corrected chi connectivity index (χ0v) is 13.9. The molecular formula is C19H21LiN2. The molecular weight excluding hydrogens is 263 g/mol. The number of aromatic nitrogens is 2. The van der Waals surface area contributed by atoms with E-state index in [0.29, 0.717) is 0 Å². The summed E-state index contributed by atoms with van der Waals surface area (Å²) in [4.78, 5) is 0. The molecule has 0 unspecified atom stereocenters. The van der Waals surface area contributed by atoms with Gasteiger partial charge in [-0.05, 0) is 24.9 Å². The summed E-state index contributed by atoms with van der Waals surface area (Å²) in [6.07, 6.45) is 2.10. The summed E-state index contributed by atoms with van der Waals surface area (Å²) < 4.78 is 4.67. The van der Waals surface area contributed by atoms with Gasteiger partial charge in [0.15, 0.2) is 5.82 Å². The van der Waals surface area contributed by atoms with Gasteiger partial charge in [0.25, 0.3) is 0 Å². The van der Waals surface area contributed by atoms with Gasteiger partial charge in [-0.15, -0.1) is 30.3 Å². The fourth-order valence-corrected chi connectivity index (χ4v) is 3.03. The number of fused-ring (bicyclic) bond motifs is 1. The Balaban J connectivity index is 0.00000176. The summed E-state index contributed by atoms with van der Waals surface area (Å²) in [5.41, 5.74) is 3.66. The van der Waals surface area contributed by atoms with E-state index in [2.05, 4.69) is 72.5 Å². The predicted molar refractivity (Wildman–Crippen MR) is 86.6 cm³/mol. The van der Waals surface area contributed by atoms with Crippen molar-refractivity contribution in [3.05, 3.63) is 60.6 Å². The molecule has 0 aliphatic heterocycles. The Morgan fingerprint density at radius 1 is 1.05 bits per heavy atom. The van der Waals surface area contributed by atoms with Crippen LogP contribution in [0.3, 0.4) is 0 Å². The van der Waals surface area contributed by atoms with Crippen LogP contribution in [0.1, 0.15) is 26.7 Å². The minimum Gasteiger partial charge on any atom is -0.344 e.